The summed E-state index contributed by atoms with van der Waals surface area (Å²) in [5, 5.41) is 1.25. The van der Waals surface area contributed by atoms with Gasteiger partial charge >= 0.3 is 7.82 Å². The summed E-state index contributed by atoms with van der Waals surface area (Å²) in [5.74, 6) is 0.291. The number of hydrogen-bond acceptors (Lipinski definition) is 5. The molecule has 2 atom stereocenters. The first-order valence-corrected chi connectivity index (χ1v) is 13.9. The lowest BCUT2D eigenvalue weighted by atomic mass is 9.85. The highest BCUT2D eigenvalue weighted by Gasteiger charge is 2.38. The molecule has 0 aliphatic heterocycles. The minimum Gasteiger partial charge on any atom is -0.323 e. The number of nitrogens with zero attached hydrogens (tertiary/aromatic N) is 1. The zero-order chi connectivity index (χ0) is 23.1. The molecule has 1 fully saturated rings. The van der Waals surface area contributed by atoms with Gasteiger partial charge in [-0.25, -0.2) is 9.55 Å². The third kappa shape index (κ3) is 5.52. The Balaban J connectivity index is 1.50. The second-order valence-corrected chi connectivity index (χ2v) is 12.8. The van der Waals surface area contributed by atoms with E-state index in [1.807, 2.05) is 11.3 Å². The molecule has 0 amide bonds. The second-order valence-electron chi connectivity index (χ2n) is 10.5. The predicted molar refractivity (Wildman–Crippen MR) is 129 cm³/mol. The largest absolute Gasteiger partial charge is 0.469 e. The summed E-state index contributed by atoms with van der Waals surface area (Å²) < 4.78 is 15.8. The Labute approximate surface area is 194 Å². The molecule has 1 aromatic carbocycles. The van der Waals surface area contributed by atoms with E-state index < -0.39 is 13.4 Å². The molecule has 0 spiro atoms. The molecular formula is C24H35N2O4PS. The number of aryl methyl sites for hydroxylation is 2. The molecule has 2 aliphatic rings. The number of nitrogens with two attached hydrogens (primary N) is 1. The topological polar surface area (TPSA) is 106 Å². The molecule has 1 heterocycles. The van der Waals surface area contributed by atoms with Crippen molar-refractivity contribution in [2.75, 3.05) is 6.61 Å². The fourth-order valence-corrected chi connectivity index (χ4v) is 7.22. The van der Waals surface area contributed by atoms with E-state index in [2.05, 4.69) is 39.0 Å². The molecule has 0 saturated heterocycles. The van der Waals surface area contributed by atoms with E-state index in [-0.39, 0.29) is 12.0 Å². The van der Waals surface area contributed by atoms with Crippen molar-refractivity contribution >= 4 is 19.2 Å². The van der Waals surface area contributed by atoms with Crippen molar-refractivity contribution in [2.45, 2.75) is 83.6 Å². The van der Waals surface area contributed by atoms with Gasteiger partial charge in [-0.1, -0.05) is 45.4 Å². The zero-order valence-corrected chi connectivity index (χ0v) is 21.0. The fraction of sp³-hybridized carbons (Fsp3) is 0.625. The van der Waals surface area contributed by atoms with Crippen LogP contribution in [-0.4, -0.2) is 26.9 Å². The van der Waals surface area contributed by atoms with Gasteiger partial charge in [0.15, 0.2) is 0 Å². The summed E-state index contributed by atoms with van der Waals surface area (Å²) in [6, 6.07) is 6.76. The first-order chi connectivity index (χ1) is 15.0. The van der Waals surface area contributed by atoms with Crippen LogP contribution in [0.5, 0.6) is 0 Å². The van der Waals surface area contributed by atoms with Crippen molar-refractivity contribution in [2.24, 2.45) is 11.1 Å². The van der Waals surface area contributed by atoms with E-state index in [0.29, 0.717) is 18.8 Å². The molecule has 8 heteroatoms. The van der Waals surface area contributed by atoms with Crippen LogP contribution in [0, 0.1) is 5.41 Å². The van der Waals surface area contributed by atoms with Crippen LogP contribution in [0.15, 0.2) is 18.2 Å². The van der Waals surface area contributed by atoms with Crippen molar-refractivity contribution in [3.63, 3.8) is 0 Å². The summed E-state index contributed by atoms with van der Waals surface area (Å²) in [5.41, 5.74) is 11.2. The molecule has 0 radical (unpaired) electrons. The molecule has 6 nitrogen and oxygen atoms in total. The van der Waals surface area contributed by atoms with Crippen LogP contribution in [0.3, 0.4) is 0 Å². The van der Waals surface area contributed by atoms with Gasteiger partial charge in [0.1, 0.15) is 0 Å². The monoisotopic (exact) mass is 478 g/mol. The Bertz CT molecular complexity index is 1030. The lowest BCUT2D eigenvalue weighted by Gasteiger charge is -2.24. The van der Waals surface area contributed by atoms with Crippen molar-refractivity contribution in [3.8, 4) is 10.4 Å². The maximum atomic E-state index is 11.1. The first kappa shape index (κ1) is 24.1. The standard InChI is InChI=1S/C24H35N2O4PS/c1-4-10-23(2,3)14-21-26-20-8-6-17-12-16(5-7-19(17)22(20)32-21)18-9-11-24(25,13-18)15-30-31(27,28)29/h5,7,12,18H,4,6,8-11,13-15,25H2,1-3H3,(H2,27,28,29)/t18-,24+/m0/s1. The number of phosphoric ester groups is 1. The quantitative estimate of drug-likeness (QED) is 0.442. The Morgan fingerprint density at radius 3 is 2.84 bits per heavy atom. The molecule has 4 N–H and O–H groups in total. The summed E-state index contributed by atoms with van der Waals surface area (Å²) in [7, 11) is -4.50. The van der Waals surface area contributed by atoms with Gasteiger partial charge in [0.2, 0.25) is 0 Å². The van der Waals surface area contributed by atoms with Crippen LogP contribution in [0.1, 0.15) is 80.6 Å². The lowest BCUT2D eigenvalue weighted by Crippen LogP contribution is -2.41. The highest BCUT2D eigenvalue weighted by Crippen LogP contribution is 2.46. The average Bonchev–Trinajstić information content (AvgIpc) is 3.29. The predicted octanol–water partition coefficient (Wildman–Crippen LogP) is 5.35. The Morgan fingerprint density at radius 1 is 1.34 bits per heavy atom. The molecule has 1 aromatic heterocycles. The Morgan fingerprint density at radius 2 is 2.12 bits per heavy atom. The second kappa shape index (κ2) is 8.94. The molecular weight excluding hydrogens is 443 g/mol. The van der Waals surface area contributed by atoms with Gasteiger partial charge in [0.25, 0.3) is 0 Å². The van der Waals surface area contributed by atoms with E-state index in [1.165, 1.54) is 45.1 Å². The van der Waals surface area contributed by atoms with Gasteiger partial charge in [0.05, 0.1) is 22.2 Å². The maximum absolute atomic E-state index is 11.1. The molecule has 4 rings (SSSR count). The van der Waals surface area contributed by atoms with Gasteiger partial charge in [0, 0.05) is 12.0 Å². The van der Waals surface area contributed by atoms with Crippen LogP contribution in [0.2, 0.25) is 0 Å². The van der Waals surface area contributed by atoms with Crippen LogP contribution in [0.4, 0.5) is 0 Å². The van der Waals surface area contributed by atoms with E-state index in [9.17, 15) is 4.57 Å². The molecule has 0 unspecified atom stereocenters. The van der Waals surface area contributed by atoms with Crippen LogP contribution >= 0.6 is 19.2 Å². The molecule has 1 saturated carbocycles. The van der Waals surface area contributed by atoms with Crippen molar-refractivity contribution < 1.29 is 18.9 Å². The van der Waals surface area contributed by atoms with Gasteiger partial charge in [-0.05, 0) is 66.5 Å². The molecule has 2 aromatic rings. The third-order valence-corrected chi connectivity index (χ3v) is 8.53. The lowest BCUT2D eigenvalue weighted by molar-refractivity contribution is 0.153. The number of benzene rings is 1. The smallest absolute Gasteiger partial charge is 0.323 e. The molecule has 176 valence electrons. The zero-order valence-electron chi connectivity index (χ0n) is 19.3. The summed E-state index contributed by atoms with van der Waals surface area (Å²) in [6.45, 7) is 6.80. The van der Waals surface area contributed by atoms with E-state index in [1.54, 1.807) is 0 Å². The van der Waals surface area contributed by atoms with Crippen molar-refractivity contribution in [1.29, 1.82) is 0 Å². The van der Waals surface area contributed by atoms with E-state index in [0.717, 1.165) is 25.7 Å². The molecule has 2 aliphatic carbocycles. The van der Waals surface area contributed by atoms with Crippen LogP contribution < -0.4 is 5.73 Å². The highest BCUT2D eigenvalue weighted by molar-refractivity contribution is 7.46. The highest BCUT2D eigenvalue weighted by atomic mass is 32.1. The molecule has 0 bridgehead atoms. The number of fused-ring (bicyclic) bond motifs is 3. The maximum Gasteiger partial charge on any atom is 0.469 e. The molecule has 32 heavy (non-hydrogen) atoms. The average molecular weight is 479 g/mol. The number of thiazole rings is 1. The van der Waals surface area contributed by atoms with Crippen molar-refractivity contribution in [3.05, 3.63) is 40.0 Å². The number of phosphoric acid groups is 1. The SMILES string of the molecule is CCCC(C)(C)Cc1nc2c(s1)-c1ccc([C@H]3CC[C@](N)(COP(=O)(O)O)C3)cc1CC2. The summed E-state index contributed by atoms with van der Waals surface area (Å²) >= 11 is 1.86. The summed E-state index contributed by atoms with van der Waals surface area (Å²) in [4.78, 5) is 24.3. The number of aromatic nitrogens is 1. The van der Waals surface area contributed by atoms with E-state index in [4.69, 9.17) is 25.0 Å². The Hall–Kier alpha value is -1.08. The van der Waals surface area contributed by atoms with E-state index >= 15 is 0 Å². The first-order valence-electron chi connectivity index (χ1n) is 11.6. The van der Waals surface area contributed by atoms with Gasteiger partial charge < -0.3 is 15.5 Å². The third-order valence-electron chi connectivity index (χ3n) is 6.94. The minimum atomic E-state index is -4.50. The van der Waals surface area contributed by atoms with Crippen LogP contribution in [-0.2, 0) is 28.4 Å². The number of hydrogen-bond donors (Lipinski definition) is 3. The van der Waals surface area contributed by atoms with Gasteiger partial charge in [-0.15, -0.1) is 11.3 Å². The van der Waals surface area contributed by atoms with Crippen LogP contribution in [0.25, 0.3) is 10.4 Å². The number of rotatable bonds is 8. The minimum absolute atomic E-state index is 0.111. The normalized spacial score (nSPS) is 23.2. The van der Waals surface area contributed by atoms with Crippen molar-refractivity contribution in [1.82, 2.24) is 4.98 Å². The summed E-state index contributed by atoms with van der Waals surface area (Å²) in [6.07, 6.45) is 7.70. The van der Waals surface area contributed by atoms with Gasteiger partial charge in [-0.2, -0.15) is 0 Å². The fourth-order valence-electron chi connectivity index (χ4n) is 5.36. The van der Waals surface area contributed by atoms with Gasteiger partial charge in [-0.3, -0.25) is 4.52 Å². The Kier molecular flexibility index (Phi) is 6.72.